The summed E-state index contributed by atoms with van der Waals surface area (Å²) in [6, 6.07) is 3.62. The molecule has 16 heavy (non-hydrogen) atoms. The van der Waals surface area contributed by atoms with Gasteiger partial charge in [0.15, 0.2) is 11.6 Å². The lowest BCUT2D eigenvalue weighted by Crippen LogP contribution is -2.42. The summed E-state index contributed by atoms with van der Waals surface area (Å²) in [6.45, 7) is 3.14. The van der Waals surface area contributed by atoms with Crippen LogP contribution in [0.5, 0.6) is 5.75 Å². The highest BCUT2D eigenvalue weighted by atomic mass is 16.5. The van der Waals surface area contributed by atoms with Crippen molar-refractivity contribution < 1.29 is 9.47 Å². The first-order valence-corrected chi connectivity index (χ1v) is 5.39. The van der Waals surface area contributed by atoms with Crippen LogP contribution in [0.4, 0.5) is 5.82 Å². The van der Waals surface area contributed by atoms with Crippen molar-refractivity contribution in [1.82, 2.24) is 9.88 Å². The van der Waals surface area contributed by atoms with Gasteiger partial charge in [-0.2, -0.15) is 0 Å². The third-order valence-corrected chi connectivity index (χ3v) is 2.57. The SMILES string of the molecule is CN1CCOC(COc2cccnc2N)C1. The summed E-state index contributed by atoms with van der Waals surface area (Å²) >= 11 is 0. The third-order valence-electron chi connectivity index (χ3n) is 2.57. The minimum absolute atomic E-state index is 0.110. The fourth-order valence-corrected chi connectivity index (χ4v) is 1.68. The van der Waals surface area contributed by atoms with Crippen LogP contribution >= 0.6 is 0 Å². The topological polar surface area (TPSA) is 60.6 Å². The Kier molecular flexibility index (Phi) is 3.58. The molecule has 5 heteroatoms. The molecule has 1 saturated heterocycles. The molecule has 2 N–H and O–H groups in total. The Morgan fingerprint density at radius 3 is 3.31 bits per heavy atom. The number of hydrogen-bond acceptors (Lipinski definition) is 5. The molecule has 1 unspecified atom stereocenters. The molecule has 1 aliphatic rings. The minimum atomic E-state index is 0.110. The standard InChI is InChI=1S/C11H17N3O2/c1-14-5-6-15-9(7-14)8-16-10-3-2-4-13-11(10)12/h2-4,9H,5-8H2,1H3,(H2,12,13). The number of likely N-dealkylation sites (N-methyl/N-ethyl adjacent to an activating group) is 1. The summed E-state index contributed by atoms with van der Waals surface area (Å²) in [5.74, 6) is 1.05. The normalized spacial score (nSPS) is 21.9. The molecule has 0 spiro atoms. The van der Waals surface area contributed by atoms with Gasteiger partial charge in [-0.15, -0.1) is 0 Å². The lowest BCUT2D eigenvalue weighted by Gasteiger charge is -2.29. The average Bonchev–Trinajstić information content (AvgIpc) is 2.28. The first kappa shape index (κ1) is 11.2. The summed E-state index contributed by atoms with van der Waals surface area (Å²) in [4.78, 5) is 6.19. The molecule has 1 fully saturated rings. The maximum atomic E-state index is 5.68. The molecule has 5 nitrogen and oxygen atoms in total. The number of aromatic nitrogens is 1. The molecule has 0 radical (unpaired) electrons. The van der Waals surface area contributed by atoms with Gasteiger partial charge in [-0.1, -0.05) is 0 Å². The maximum Gasteiger partial charge on any atom is 0.166 e. The lowest BCUT2D eigenvalue weighted by atomic mass is 10.3. The molecular weight excluding hydrogens is 206 g/mol. The second-order valence-electron chi connectivity index (χ2n) is 3.95. The number of nitrogens with two attached hydrogens (primary N) is 1. The molecule has 2 heterocycles. The molecule has 0 aromatic carbocycles. The highest BCUT2D eigenvalue weighted by Gasteiger charge is 2.18. The zero-order chi connectivity index (χ0) is 11.4. The number of pyridine rings is 1. The monoisotopic (exact) mass is 223 g/mol. The van der Waals surface area contributed by atoms with Gasteiger partial charge in [-0.25, -0.2) is 4.98 Å². The van der Waals surface area contributed by atoms with Crippen LogP contribution in [-0.2, 0) is 4.74 Å². The molecular formula is C11H17N3O2. The van der Waals surface area contributed by atoms with Gasteiger partial charge in [0.2, 0.25) is 0 Å². The number of rotatable bonds is 3. The van der Waals surface area contributed by atoms with Crippen LogP contribution in [0, 0.1) is 0 Å². The molecule has 1 aliphatic heterocycles. The van der Waals surface area contributed by atoms with Gasteiger partial charge < -0.3 is 20.1 Å². The third kappa shape index (κ3) is 2.84. The zero-order valence-corrected chi connectivity index (χ0v) is 9.43. The van der Waals surface area contributed by atoms with E-state index in [0.29, 0.717) is 18.2 Å². The van der Waals surface area contributed by atoms with Crippen LogP contribution < -0.4 is 10.5 Å². The quantitative estimate of drug-likeness (QED) is 0.802. The zero-order valence-electron chi connectivity index (χ0n) is 9.43. The van der Waals surface area contributed by atoms with E-state index in [0.717, 1.165) is 19.7 Å². The molecule has 0 bridgehead atoms. The Hall–Kier alpha value is -1.33. The van der Waals surface area contributed by atoms with E-state index in [-0.39, 0.29) is 6.10 Å². The van der Waals surface area contributed by atoms with Crippen molar-refractivity contribution in [3.63, 3.8) is 0 Å². The van der Waals surface area contributed by atoms with Gasteiger partial charge in [0.25, 0.3) is 0 Å². The fourth-order valence-electron chi connectivity index (χ4n) is 1.68. The second-order valence-corrected chi connectivity index (χ2v) is 3.95. The Balaban J connectivity index is 1.85. The van der Waals surface area contributed by atoms with Crippen molar-refractivity contribution in [3.05, 3.63) is 18.3 Å². The molecule has 0 amide bonds. The van der Waals surface area contributed by atoms with E-state index in [1.54, 1.807) is 12.3 Å². The number of nitrogen functional groups attached to an aromatic ring is 1. The van der Waals surface area contributed by atoms with E-state index >= 15 is 0 Å². The molecule has 0 aliphatic carbocycles. The van der Waals surface area contributed by atoms with Crippen molar-refractivity contribution in [3.8, 4) is 5.75 Å². The summed E-state index contributed by atoms with van der Waals surface area (Å²) in [5.41, 5.74) is 5.68. The van der Waals surface area contributed by atoms with Crippen LogP contribution in [-0.4, -0.2) is 49.3 Å². The van der Waals surface area contributed by atoms with E-state index in [2.05, 4.69) is 16.9 Å². The van der Waals surface area contributed by atoms with Crippen molar-refractivity contribution in [1.29, 1.82) is 0 Å². The number of ether oxygens (including phenoxy) is 2. The van der Waals surface area contributed by atoms with Gasteiger partial charge in [0.1, 0.15) is 12.7 Å². The smallest absolute Gasteiger partial charge is 0.166 e. The Labute approximate surface area is 95.2 Å². The summed E-state index contributed by atoms with van der Waals surface area (Å²) < 4.78 is 11.2. The van der Waals surface area contributed by atoms with Gasteiger partial charge in [0, 0.05) is 19.3 Å². The maximum absolute atomic E-state index is 5.68. The number of nitrogens with zero attached hydrogens (tertiary/aromatic N) is 2. The van der Waals surface area contributed by atoms with Crippen molar-refractivity contribution >= 4 is 5.82 Å². The van der Waals surface area contributed by atoms with Crippen LogP contribution in [0.25, 0.3) is 0 Å². The van der Waals surface area contributed by atoms with Gasteiger partial charge in [0.05, 0.1) is 6.61 Å². The van der Waals surface area contributed by atoms with E-state index in [1.165, 1.54) is 0 Å². The van der Waals surface area contributed by atoms with Gasteiger partial charge >= 0.3 is 0 Å². The van der Waals surface area contributed by atoms with E-state index in [1.807, 2.05) is 6.07 Å². The molecule has 0 saturated carbocycles. The summed E-state index contributed by atoms with van der Waals surface area (Å²) in [7, 11) is 2.08. The van der Waals surface area contributed by atoms with E-state index in [4.69, 9.17) is 15.2 Å². The predicted octanol–water partition coefficient (Wildman–Crippen LogP) is 0.373. The average molecular weight is 223 g/mol. The van der Waals surface area contributed by atoms with E-state index < -0.39 is 0 Å². The molecule has 88 valence electrons. The Morgan fingerprint density at radius 1 is 1.69 bits per heavy atom. The van der Waals surface area contributed by atoms with Gasteiger partial charge in [-0.05, 0) is 19.2 Å². The molecule has 1 aromatic rings. The largest absolute Gasteiger partial charge is 0.487 e. The van der Waals surface area contributed by atoms with Crippen molar-refractivity contribution in [2.75, 3.05) is 39.1 Å². The number of morpholine rings is 1. The first-order chi connectivity index (χ1) is 7.75. The highest BCUT2D eigenvalue weighted by Crippen LogP contribution is 2.17. The van der Waals surface area contributed by atoms with Crippen molar-refractivity contribution in [2.24, 2.45) is 0 Å². The first-order valence-electron chi connectivity index (χ1n) is 5.39. The molecule has 1 atom stereocenters. The van der Waals surface area contributed by atoms with Gasteiger partial charge in [-0.3, -0.25) is 0 Å². The summed E-state index contributed by atoms with van der Waals surface area (Å²) in [6.07, 6.45) is 1.76. The predicted molar refractivity (Wildman–Crippen MR) is 61.4 cm³/mol. The lowest BCUT2D eigenvalue weighted by molar-refractivity contribution is -0.0402. The summed E-state index contributed by atoms with van der Waals surface area (Å²) in [5, 5.41) is 0. The number of anilines is 1. The highest BCUT2D eigenvalue weighted by molar-refractivity contribution is 5.44. The van der Waals surface area contributed by atoms with Crippen molar-refractivity contribution in [2.45, 2.75) is 6.10 Å². The van der Waals surface area contributed by atoms with Crippen LogP contribution in [0.2, 0.25) is 0 Å². The van der Waals surface area contributed by atoms with Crippen LogP contribution in [0.3, 0.4) is 0 Å². The Morgan fingerprint density at radius 2 is 2.56 bits per heavy atom. The van der Waals surface area contributed by atoms with Crippen LogP contribution in [0.1, 0.15) is 0 Å². The molecule has 2 rings (SSSR count). The Bertz CT molecular complexity index is 346. The van der Waals surface area contributed by atoms with E-state index in [9.17, 15) is 0 Å². The molecule has 1 aromatic heterocycles. The second kappa shape index (κ2) is 5.14. The minimum Gasteiger partial charge on any atom is -0.487 e. The fraction of sp³-hybridized carbons (Fsp3) is 0.545. The van der Waals surface area contributed by atoms with Crippen LogP contribution in [0.15, 0.2) is 18.3 Å². The number of hydrogen-bond donors (Lipinski definition) is 1.